The first-order chi connectivity index (χ1) is 12.1. The fourth-order valence-electron chi connectivity index (χ4n) is 4.43. The quantitative estimate of drug-likeness (QED) is 0.773. The Balaban J connectivity index is 1.40. The summed E-state index contributed by atoms with van der Waals surface area (Å²) >= 11 is 0. The number of carbonyl (C=O) groups excluding carboxylic acids is 1. The smallest absolute Gasteiger partial charge is 0.223 e. The molecule has 25 heavy (non-hydrogen) atoms. The molecular formula is C21H35N3O+2. The highest BCUT2D eigenvalue weighted by molar-refractivity contribution is 5.76. The SMILES string of the molecule is CC(C)CC(=O)N1CC[NH+](C2CC[NH+](Cc3ccccc3)CC2)CC1. The first kappa shape index (κ1) is 18.4. The lowest BCUT2D eigenvalue weighted by atomic mass is 10.0. The Morgan fingerprint density at radius 3 is 2.32 bits per heavy atom. The summed E-state index contributed by atoms with van der Waals surface area (Å²) < 4.78 is 0. The summed E-state index contributed by atoms with van der Waals surface area (Å²) in [6.45, 7) is 12.2. The van der Waals surface area contributed by atoms with Crippen molar-refractivity contribution < 1.29 is 14.6 Å². The molecule has 2 fully saturated rings. The normalized spacial score (nSPS) is 25.3. The van der Waals surface area contributed by atoms with Crippen LogP contribution in [0.4, 0.5) is 0 Å². The molecule has 3 rings (SSSR count). The number of benzene rings is 1. The van der Waals surface area contributed by atoms with E-state index < -0.39 is 0 Å². The van der Waals surface area contributed by atoms with Gasteiger partial charge in [-0.15, -0.1) is 0 Å². The number of rotatable bonds is 5. The molecule has 0 bridgehead atoms. The molecule has 2 aliphatic heterocycles. The Bertz CT molecular complexity index is 529. The molecule has 0 radical (unpaired) electrons. The van der Waals surface area contributed by atoms with Crippen molar-refractivity contribution in [2.75, 3.05) is 39.3 Å². The lowest BCUT2D eigenvalue weighted by Gasteiger charge is -2.39. The zero-order valence-electron chi connectivity index (χ0n) is 16.0. The van der Waals surface area contributed by atoms with Crippen LogP contribution in [-0.4, -0.2) is 56.1 Å². The molecule has 2 heterocycles. The molecule has 0 spiro atoms. The monoisotopic (exact) mass is 345 g/mol. The van der Waals surface area contributed by atoms with Crippen LogP contribution in [0.1, 0.15) is 38.7 Å². The third-order valence-corrected chi connectivity index (χ3v) is 5.91. The summed E-state index contributed by atoms with van der Waals surface area (Å²) in [6, 6.07) is 11.7. The standard InChI is InChI=1S/C21H33N3O/c1-18(2)16-21(25)24-14-12-23(13-15-24)20-8-10-22(11-9-20)17-19-6-4-3-5-7-19/h3-7,18,20H,8-17H2,1-2H3/p+2. The van der Waals surface area contributed by atoms with Crippen molar-refractivity contribution in [2.24, 2.45) is 5.92 Å². The maximum Gasteiger partial charge on any atom is 0.223 e. The van der Waals surface area contributed by atoms with Gasteiger partial charge in [-0.05, 0) is 5.92 Å². The van der Waals surface area contributed by atoms with E-state index >= 15 is 0 Å². The summed E-state index contributed by atoms with van der Waals surface area (Å²) in [4.78, 5) is 17.8. The van der Waals surface area contributed by atoms with Crippen LogP contribution in [0.15, 0.2) is 30.3 Å². The molecule has 0 saturated carbocycles. The lowest BCUT2D eigenvalue weighted by molar-refractivity contribution is -0.965. The number of hydrogen-bond donors (Lipinski definition) is 2. The van der Waals surface area contributed by atoms with Crippen molar-refractivity contribution in [2.45, 2.75) is 45.7 Å². The molecule has 0 aliphatic carbocycles. The first-order valence-corrected chi connectivity index (χ1v) is 10.1. The fourth-order valence-corrected chi connectivity index (χ4v) is 4.43. The zero-order valence-corrected chi connectivity index (χ0v) is 16.0. The summed E-state index contributed by atoms with van der Waals surface area (Å²) in [5.74, 6) is 0.825. The Morgan fingerprint density at radius 1 is 1.08 bits per heavy atom. The van der Waals surface area contributed by atoms with Gasteiger partial charge in [-0.1, -0.05) is 44.2 Å². The Kier molecular flexibility index (Phi) is 6.49. The van der Waals surface area contributed by atoms with Crippen LogP contribution < -0.4 is 9.80 Å². The van der Waals surface area contributed by atoms with E-state index in [1.807, 2.05) is 0 Å². The second-order valence-corrected chi connectivity index (χ2v) is 8.32. The van der Waals surface area contributed by atoms with Gasteiger partial charge in [0.05, 0.1) is 45.3 Å². The molecule has 1 amide bonds. The molecule has 0 aromatic heterocycles. The zero-order chi connectivity index (χ0) is 17.6. The largest absolute Gasteiger partial charge is 0.331 e. The minimum atomic E-state index is 0.358. The number of likely N-dealkylation sites (tertiary alicyclic amines) is 1. The van der Waals surface area contributed by atoms with Crippen molar-refractivity contribution >= 4 is 5.91 Å². The highest BCUT2D eigenvalue weighted by atomic mass is 16.2. The van der Waals surface area contributed by atoms with Gasteiger partial charge in [0.1, 0.15) is 6.54 Å². The van der Waals surface area contributed by atoms with Crippen LogP contribution in [0.2, 0.25) is 0 Å². The average molecular weight is 346 g/mol. The minimum absolute atomic E-state index is 0.358. The summed E-state index contributed by atoms with van der Waals surface area (Å²) in [5, 5.41) is 0. The van der Waals surface area contributed by atoms with Crippen molar-refractivity contribution in [3.8, 4) is 0 Å². The molecule has 2 saturated heterocycles. The fraction of sp³-hybridized carbons (Fsp3) is 0.667. The molecule has 0 atom stereocenters. The molecule has 0 unspecified atom stereocenters. The van der Waals surface area contributed by atoms with E-state index in [2.05, 4.69) is 49.1 Å². The number of piperazine rings is 1. The Hall–Kier alpha value is -1.39. The van der Waals surface area contributed by atoms with Crippen LogP contribution in [0, 0.1) is 5.92 Å². The van der Waals surface area contributed by atoms with E-state index in [-0.39, 0.29) is 0 Å². The number of hydrogen-bond acceptors (Lipinski definition) is 1. The van der Waals surface area contributed by atoms with Gasteiger partial charge in [0.15, 0.2) is 0 Å². The van der Waals surface area contributed by atoms with E-state index in [0.29, 0.717) is 18.2 Å². The summed E-state index contributed by atoms with van der Waals surface area (Å²) in [6.07, 6.45) is 3.37. The first-order valence-electron chi connectivity index (χ1n) is 10.1. The van der Waals surface area contributed by atoms with Gasteiger partial charge >= 0.3 is 0 Å². The number of nitrogens with one attached hydrogen (secondary N) is 2. The van der Waals surface area contributed by atoms with Gasteiger partial charge in [0.2, 0.25) is 5.91 Å². The van der Waals surface area contributed by atoms with Crippen LogP contribution in [0.25, 0.3) is 0 Å². The molecule has 138 valence electrons. The molecule has 4 nitrogen and oxygen atoms in total. The summed E-state index contributed by atoms with van der Waals surface area (Å²) in [7, 11) is 0. The van der Waals surface area contributed by atoms with E-state index in [1.54, 1.807) is 9.80 Å². The Morgan fingerprint density at radius 2 is 1.72 bits per heavy atom. The number of quaternary nitrogens is 2. The minimum Gasteiger partial charge on any atom is -0.331 e. The topological polar surface area (TPSA) is 29.2 Å². The van der Waals surface area contributed by atoms with Crippen LogP contribution in [-0.2, 0) is 11.3 Å². The molecule has 1 aromatic carbocycles. The Labute approximate surface area is 152 Å². The van der Waals surface area contributed by atoms with Gasteiger partial charge in [-0.25, -0.2) is 0 Å². The predicted octanol–water partition coefficient (Wildman–Crippen LogP) is 0.00710. The van der Waals surface area contributed by atoms with Gasteiger partial charge in [0, 0.05) is 24.8 Å². The maximum absolute atomic E-state index is 12.2. The average Bonchev–Trinajstić information content (AvgIpc) is 2.63. The second-order valence-electron chi connectivity index (χ2n) is 8.32. The highest BCUT2D eigenvalue weighted by Gasteiger charge is 2.33. The van der Waals surface area contributed by atoms with Crippen LogP contribution in [0.3, 0.4) is 0 Å². The maximum atomic E-state index is 12.2. The van der Waals surface area contributed by atoms with Crippen LogP contribution >= 0.6 is 0 Å². The second kappa shape index (κ2) is 8.81. The van der Waals surface area contributed by atoms with Crippen LogP contribution in [0.5, 0.6) is 0 Å². The van der Waals surface area contributed by atoms with E-state index in [4.69, 9.17) is 0 Å². The number of nitrogens with zero attached hydrogens (tertiary/aromatic N) is 1. The molecule has 2 N–H and O–H groups in total. The number of piperidine rings is 1. The van der Waals surface area contributed by atoms with Crippen molar-refractivity contribution in [3.63, 3.8) is 0 Å². The van der Waals surface area contributed by atoms with Gasteiger partial charge in [-0.3, -0.25) is 4.79 Å². The van der Waals surface area contributed by atoms with Gasteiger partial charge in [0.25, 0.3) is 0 Å². The number of carbonyl (C=O) groups is 1. The highest BCUT2D eigenvalue weighted by Crippen LogP contribution is 2.05. The van der Waals surface area contributed by atoms with E-state index in [1.165, 1.54) is 38.0 Å². The number of amides is 1. The lowest BCUT2D eigenvalue weighted by Crippen LogP contribution is -3.21. The summed E-state index contributed by atoms with van der Waals surface area (Å²) in [5.41, 5.74) is 1.46. The van der Waals surface area contributed by atoms with Crippen molar-refractivity contribution in [1.82, 2.24) is 4.90 Å². The van der Waals surface area contributed by atoms with E-state index in [9.17, 15) is 4.79 Å². The van der Waals surface area contributed by atoms with Gasteiger partial charge in [-0.2, -0.15) is 0 Å². The molecule has 2 aliphatic rings. The molecule has 1 aromatic rings. The van der Waals surface area contributed by atoms with Crippen molar-refractivity contribution in [1.29, 1.82) is 0 Å². The third-order valence-electron chi connectivity index (χ3n) is 5.91. The van der Waals surface area contributed by atoms with E-state index in [0.717, 1.165) is 32.2 Å². The van der Waals surface area contributed by atoms with Crippen molar-refractivity contribution in [3.05, 3.63) is 35.9 Å². The van der Waals surface area contributed by atoms with Gasteiger partial charge < -0.3 is 14.7 Å². The molecule has 4 heteroatoms. The predicted molar refractivity (Wildman–Crippen MR) is 101 cm³/mol. The molecular weight excluding hydrogens is 310 g/mol. The third kappa shape index (κ3) is 5.29.